The average molecular weight is 409 g/mol. The summed E-state index contributed by atoms with van der Waals surface area (Å²) in [5, 5.41) is 2.61. The lowest BCUT2D eigenvalue weighted by molar-refractivity contribution is -0.118. The molecular weight excluding hydrogens is 396 g/mol. The van der Waals surface area contributed by atoms with Crippen LogP contribution in [0.15, 0.2) is 57.9 Å². The number of nitrogens with one attached hydrogen (secondary N) is 1. The lowest BCUT2D eigenvalue weighted by Gasteiger charge is -2.22. The van der Waals surface area contributed by atoms with Gasteiger partial charge in [0.15, 0.2) is 0 Å². The van der Waals surface area contributed by atoms with Crippen LogP contribution >= 0.6 is 15.9 Å². The smallest absolute Gasteiger partial charge is 0.269 e. The van der Waals surface area contributed by atoms with Crippen LogP contribution in [0.5, 0.6) is 0 Å². The Morgan fingerprint density at radius 1 is 1.12 bits per heavy atom. The van der Waals surface area contributed by atoms with Crippen LogP contribution in [0.25, 0.3) is 0 Å². The van der Waals surface area contributed by atoms with Crippen LogP contribution in [0.1, 0.15) is 17.3 Å². The SMILES string of the molecule is C[C@@H](C(=O)Nc1ccc(Br)cc1)N1C(=O)c2ccccc2S1(=O)=O. The molecule has 1 aliphatic heterocycles. The third-order valence-corrected chi connectivity index (χ3v) is 6.14. The first-order chi connectivity index (χ1) is 11.3. The van der Waals surface area contributed by atoms with Crippen molar-refractivity contribution in [2.75, 3.05) is 5.32 Å². The molecule has 0 radical (unpaired) electrons. The molecule has 0 bridgehead atoms. The van der Waals surface area contributed by atoms with Crippen molar-refractivity contribution in [1.82, 2.24) is 4.31 Å². The minimum Gasteiger partial charge on any atom is -0.324 e. The molecule has 0 spiro atoms. The van der Waals surface area contributed by atoms with Crippen LogP contribution < -0.4 is 5.32 Å². The Hall–Kier alpha value is -2.19. The molecular formula is C16H13BrN2O4S. The Morgan fingerprint density at radius 2 is 1.75 bits per heavy atom. The molecule has 3 rings (SSSR count). The first-order valence-corrected chi connectivity index (χ1v) is 9.30. The first-order valence-electron chi connectivity index (χ1n) is 7.06. The highest BCUT2D eigenvalue weighted by Gasteiger charge is 2.45. The number of fused-ring (bicyclic) bond motifs is 1. The molecule has 6 nitrogen and oxygen atoms in total. The molecule has 0 aromatic heterocycles. The van der Waals surface area contributed by atoms with Gasteiger partial charge in [-0.25, -0.2) is 12.7 Å². The number of hydrogen-bond acceptors (Lipinski definition) is 4. The summed E-state index contributed by atoms with van der Waals surface area (Å²) in [6.07, 6.45) is 0. The molecule has 0 saturated carbocycles. The Balaban J connectivity index is 1.87. The summed E-state index contributed by atoms with van der Waals surface area (Å²) in [6.45, 7) is 1.38. The van der Waals surface area contributed by atoms with Crippen LogP contribution in [0.2, 0.25) is 0 Å². The number of anilines is 1. The van der Waals surface area contributed by atoms with Crippen molar-refractivity contribution in [1.29, 1.82) is 0 Å². The van der Waals surface area contributed by atoms with E-state index in [2.05, 4.69) is 21.2 Å². The second-order valence-corrected chi connectivity index (χ2v) is 7.97. The molecule has 1 N–H and O–H groups in total. The molecule has 1 atom stereocenters. The van der Waals surface area contributed by atoms with Crippen molar-refractivity contribution in [2.24, 2.45) is 0 Å². The van der Waals surface area contributed by atoms with Gasteiger partial charge in [0.2, 0.25) is 5.91 Å². The highest BCUT2D eigenvalue weighted by atomic mass is 79.9. The van der Waals surface area contributed by atoms with Crippen LogP contribution in [0.4, 0.5) is 5.69 Å². The minimum atomic E-state index is -4.02. The van der Waals surface area contributed by atoms with Gasteiger partial charge in [0.25, 0.3) is 15.9 Å². The van der Waals surface area contributed by atoms with Gasteiger partial charge >= 0.3 is 0 Å². The predicted octanol–water partition coefficient (Wildman–Crippen LogP) is 2.62. The zero-order chi connectivity index (χ0) is 17.5. The van der Waals surface area contributed by atoms with Gasteiger partial charge < -0.3 is 5.32 Å². The number of sulfonamides is 1. The normalized spacial score (nSPS) is 16.6. The quantitative estimate of drug-likeness (QED) is 0.845. The molecule has 2 aromatic carbocycles. The summed E-state index contributed by atoms with van der Waals surface area (Å²) in [5.41, 5.74) is 0.595. The van der Waals surface area contributed by atoms with Gasteiger partial charge in [-0.2, -0.15) is 0 Å². The van der Waals surface area contributed by atoms with Gasteiger partial charge in [-0.1, -0.05) is 28.1 Å². The van der Waals surface area contributed by atoms with E-state index in [0.717, 1.165) is 4.47 Å². The number of carbonyl (C=O) groups is 2. The van der Waals surface area contributed by atoms with E-state index in [9.17, 15) is 18.0 Å². The number of amides is 2. The van der Waals surface area contributed by atoms with E-state index in [1.54, 1.807) is 36.4 Å². The number of hydrogen-bond donors (Lipinski definition) is 1. The van der Waals surface area contributed by atoms with Crippen molar-refractivity contribution in [3.05, 3.63) is 58.6 Å². The maximum atomic E-state index is 12.6. The predicted molar refractivity (Wildman–Crippen MR) is 92.0 cm³/mol. The number of carbonyl (C=O) groups excluding carboxylic acids is 2. The van der Waals surface area contributed by atoms with Crippen molar-refractivity contribution in [2.45, 2.75) is 17.9 Å². The van der Waals surface area contributed by atoms with Gasteiger partial charge in [-0.05, 0) is 43.3 Å². The molecule has 8 heteroatoms. The van der Waals surface area contributed by atoms with Crippen molar-refractivity contribution < 1.29 is 18.0 Å². The zero-order valence-electron chi connectivity index (χ0n) is 12.6. The van der Waals surface area contributed by atoms with Gasteiger partial charge in [-0.3, -0.25) is 9.59 Å². The molecule has 0 saturated heterocycles. The summed E-state index contributed by atoms with van der Waals surface area (Å²) >= 11 is 3.29. The van der Waals surface area contributed by atoms with E-state index in [4.69, 9.17) is 0 Å². The van der Waals surface area contributed by atoms with E-state index in [1.807, 2.05) is 0 Å². The van der Waals surface area contributed by atoms with Gasteiger partial charge in [0.05, 0.1) is 5.56 Å². The molecule has 2 aromatic rings. The second-order valence-electron chi connectivity index (χ2n) is 5.27. The Morgan fingerprint density at radius 3 is 2.38 bits per heavy atom. The van der Waals surface area contributed by atoms with Crippen molar-refractivity contribution in [3.8, 4) is 0 Å². The lowest BCUT2D eigenvalue weighted by Crippen LogP contribution is -2.45. The number of nitrogens with zero attached hydrogens (tertiary/aromatic N) is 1. The van der Waals surface area contributed by atoms with Gasteiger partial charge in [0.1, 0.15) is 10.9 Å². The maximum absolute atomic E-state index is 12.6. The fourth-order valence-electron chi connectivity index (χ4n) is 2.47. The zero-order valence-corrected chi connectivity index (χ0v) is 15.0. The Labute approximate surface area is 147 Å². The van der Waals surface area contributed by atoms with E-state index < -0.39 is 27.9 Å². The largest absolute Gasteiger partial charge is 0.324 e. The highest BCUT2D eigenvalue weighted by molar-refractivity contribution is 9.10. The highest BCUT2D eigenvalue weighted by Crippen LogP contribution is 2.31. The second kappa shape index (κ2) is 6.03. The molecule has 0 unspecified atom stereocenters. The van der Waals surface area contributed by atoms with Crippen LogP contribution in [0.3, 0.4) is 0 Å². The van der Waals surface area contributed by atoms with E-state index >= 15 is 0 Å². The molecule has 24 heavy (non-hydrogen) atoms. The van der Waals surface area contributed by atoms with Gasteiger partial charge in [0, 0.05) is 10.2 Å². The molecule has 0 fully saturated rings. The fraction of sp³-hybridized carbons (Fsp3) is 0.125. The van der Waals surface area contributed by atoms with Crippen molar-refractivity contribution >= 4 is 43.5 Å². The number of rotatable bonds is 3. The third-order valence-electron chi connectivity index (χ3n) is 3.70. The number of halogens is 1. The summed E-state index contributed by atoms with van der Waals surface area (Å²) < 4.78 is 26.6. The summed E-state index contributed by atoms with van der Waals surface area (Å²) in [4.78, 5) is 24.7. The van der Waals surface area contributed by atoms with Gasteiger partial charge in [-0.15, -0.1) is 0 Å². The molecule has 0 aliphatic carbocycles. The Bertz CT molecular complexity index is 925. The van der Waals surface area contributed by atoms with E-state index in [0.29, 0.717) is 9.99 Å². The van der Waals surface area contributed by atoms with Crippen LogP contribution in [-0.2, 0) is 14.8 Å². The summed E-state index contributed by atoms with van der Waals surface area (Å²) in [7, 11) is -4.02. The molecule has 1 aliphatic rings. The summed E-state index contributed by atoms with van der Waals surface area (Å²) in [5.74, 6) is -1.27. The van der Waals surface area contributed by atoms with E-state index in [1.165, 1.54) is 19.1 Å². The third kappa shape index (κ3) is 2.71. The summed E-state index contributed by atoms with van der Waals surface area (Å²) in [6, 6.07) is 11.6. The fourth-order valence-corrected chi connectivity index (χ4v) is 4.46. The lowest BCUT2D eigenvalue weighted by atomic mass is 10.2. The molecule has 124 valence electrons. The molecule has 1 heterocycles. The monoisotopic (exact) mass is 408 g/mol. The minimum absolute atomic E-state index is 0.0710. The molecule has 2 amide bonds. The number of benzene rings is 2. The first kappa shape index (κ1) is 16.7. The van der Waals surface area contributed by atoms with Crippen LogP contribution in [-0.4, -0.2) is 30.6 Å². The standard InChI is InChI=1S/C16H13BrN2O4S/c1-10(15(20)18-12-8-6-11(17)7-9-12)19-16(21)13-4-2-3-5-14(13)24(19,22)23/h2-10H,1H3,(H,18,20)/t10-/m0/s1. The topological polar surface area (TPSA) is 83.6 Å². The van der Waals surface area contributed by atoms with Crippen molar-refractivity contribution in [3.63, 3.8) is 0 Å². The van der Waals surface area contributed by atoms with Crippen LogP contribution in [0, 0.1) is 0 Å². The Kier molecular flexibility index (Phi) is 4.18. The average Bonchev–Trinajstić information content (AvgIpc) is 2.76. The van der Waals surface area contributed by atoms with E-state index in [-0.39, 0.29) is 10.5 Å². The maximum Gasteiger partial charge on any atom is 0.269 e.